The van der Waals surface area contributed by atoms with Crippen LogP contribution in [0.4, 0.5) is 5.69 Å². The molecule has 1 aromatic heterocycles. The van der Waals surface area contributed by atoms with Gasteiger partial charge < -0.3 is 4.90 Å². The number of sulfone groups is 1. The molecule has 164 valence electrons. The van der Waals surface area contributed by atoms with Crippen molar-refractivity contribution in [1.82, 2.24) is 14.1 Å². The molecule has 0 saturated carbocycles. The van der Waals surface area contributed by atoms with Crippen molar-refractivity contribution in [2.24, 2.45) is 0 Å². The van der Waals surface area contributed by atoms with Crippen LogP contribution >= 0.6 is 11.6 Å². The van der Waals surface area contributed by atoms with E-state index >= 15 is 0 Å². The monoisotopic (exact) mass is 472 g/mol. The van der Waals surface area contributed by atoms with Gasteiger partial charge in [-0.3, -0.25) is 4.68 Å². The predicted octanol–water partition coefficient (Wildman–Crippen LogP) is 2.02. The zero-order valence-electron chi connectivity index (χ0n) is 17.0. The molecule has 8 nitrogen and oxygen atoms in total. The maximum Gasteiger partial charge on any atom is 0.246 e. The number of aryl methyl sites for hydroxylation is 1. The van der Waals surface area contributed by atoms with Crippen LogP contribution in [0.15, 0.2) is 29.2 Å². The van der Waals surface area contributed by atoms with Crippen molar-refractivity contribution in [3.05, 3.63) is 40.7 Å². The van der Waals surface area contributed by atoms with Gasteiger partial charge in [0.25, 0.3) is 0 Å². The van der Waals surface area contributed by atoms with Crippen molar-refractivity contribution in [3.8, 4) is 0 Å². The van der Waals surface area contributed by atoms with Crippen molar-refractivity contribution in [2.45, 2.75) is 31.2 Å². The van der Waals surface area contributed by atoms with Crippen LogP contribution in [0.1, 0.15) is 23.9 Å². The molecule has 1 aromatic carbocycles. The summed E-state index contributed by atoms with van der Waals surface area (Å²) < 4.78 is 53.6. The number of benzene rings is 1. The number of anilines is 1. The van der Waals surface area contributed by atoms with E-state index in [1.54, 1.807) is 18.5 Å². The Kier molecular flexibility index (Phi) is 5.63. The Morgan fingerprint density at radius 2 is 1.83 bits per heavy atom. The van der Waals surface area contributed by atoms with E-state index in [1.165, 1.54) is 4.31 Å². The van der Waals surface area contributed by atoms with Crippen molar-refractivity contribution in [3.63, 3.8) is 0 Å². The summed E-state index contributed by atoms with van der Waals surface area (Å²) >= 11 is 6.07. The minimum Gasteiger partial charge on any atom is -0.369 e. The van der Waals surface area contributed by atoms with Crippen LogP contribution < -0.4 is 4.90 Å². The van der Waals surface area contributed by atoms with E-state index in [-0.39, 0.29) is 22.4 Å². The van der Waals surface area contributed by atoms with Gasteiger partial charge >= 0.3 is 0 Å². The van der Waals surface area contributed by atoms with Crippen LogP contribution in [0.2, 0.25) is 5.02 Å². The van der Waals surface area contributed by atoms with Crippen LogP contribution in [0, 0.1) is 13.8 Å². The highest BCUT2D eigenvalue weighted by molar-refractivity contribution is 7.91. The van der Waals surface area contributed by atoms with Crippen LogP contribution in [0.25, 0.3) is 0 Å². The van der Waals surface area contributed by atoms with E-state index in [9.17, 15) is 16.8 Å². The van der Waals surface area contributed by atoms with E-state index < -0.39 is 19.9 Å². The van der Waals surface area contributed by atoms with Gasteiger partial charge in [-0.15, -0.1) is 0 Å². The lowest BCUT2D eigenvalue weighted by molar-refractivity contribution is 0.384. The highest BCUT2D eigenvalue weighted by Gasteiger charge is 2.36. The number of piperazine rings is 1. The van der Waals surface area contributed by atoms with E-state index in [0.29, 0.717) is 49.0 Å². The number of aromatic nitrogens is 2. The number of rotatable bonds is 4. The largest absolute Gasteiger partial charge is 0.369 e. The number of halogens is 1. The highest BCUT2D eigenvalue weighted by atomic mass is 35.5. The molecule has 2 aromatic rings. The second-order valence-electron chi connectivity index (χ2n) is 7.87. The molecule has 2 fully saturated rings. The van der Waals surface area contributed by atoms with Crippen molar-refractivity contribution in [2.75, 3.05) is 42.6 Å². The summed E-state index contributed by atoms with van der Waals surface area (Å²) in [5.41, 5.74) is 1.89. The molecule has 30 heavy (non-hydrogen) atoms. The molecule has 2 saturated heterocycles. The van der Waals surface area contributed by atoms with Gasteiger partial charge in [0.15, 0.2) is 9.84 Å². The topological polar surface area (TPSA) is 92.6 Å². The summed E-state index contributed by atoms with van der Waals surface area (Å²) in [4.78, 5) is 2.31. The minimum atomic E-state index is -3.73. The third-order valence-electron chi connectivity index (χ3n) is 5.82. The molecule has 2 aliphatic rings. The molecule has 0 spiro atoms. The van der Waals surface area contributed by atoms with Gasteiger partial charge in [0.05, 0.1) is 28.9 Å². The summed E-state index contributed by atoms with van der Waals surface area (Å²) in [5, 5.41) is 5.06. The molecule has 0 N–H and O–H groups in total. The Bertz CT molecular complexity index is 1170. The Morgan fingerprint density at radius 1 is 1.13 bits per heavy atom. The number of hydrogen-bond donors (Lipinski definition) is 0. The van der Waals surface area contributed by atoms with Crippen LogP contribution in [0.5, 0.6) is 0 Å². The van der Waals surface area contributed by atoms with Crippen LogP contribution in [-0.2, 0) is 19.9 Å². The molecule has 0 amide bonds. The van der Waals surface area contributed by atoms with Gasteiger partial charge in [-0.25, -0.2) is 16.8 Å². The van der Waals surface area contributed by atoms with Crippen molar-refractivity contribution < 1.29 is 16.8 Å². The maximum atomic E-state index is 13.4. The van der Waals surface area contributed by atoms with Gasteiger partial charge in [-0.1, -0.05) is 17.7 Å². The first-order valence-electron chi connectivity index (χ1n) is 9.85. The first-order valence-corrected chi connectivity index (χ1v) is 13.5. The molecular formula is C19H25ClN4O4S2. The average Bonchev–Trinajstić information content (AvgIpc) is 3.20. The zero-order valence-corrected chi connectivity index (χ0v) is 19.3. The molecule has 0 aliphatic carbocycles. The Hall–Kier alpha value is -1.62. The SMILES string of the molecule is Cc1nn(C2CCS(=O)(=O)C2)c(C)c1S(=O)(=O)N1CCN(c2cccc(Cl)c2)CC1. The summed E-state index contributed by atoms with van der Waals surface area (Å²) in [5.74, 6) is 0.121. The number of nitrogens with zero attached hydrogens (tertiary/aromatic N) is 4. The Labute approximate surface area is 182 Å². The highest BCUT2D eigenvalue weighted by Crippen LogP contribution is 2.31. The van der Waals surface area contributed by atoms with Gasteiger partial charge in [0, 0.05) is 36.9 Å². The molecule has 1 atom stereocenters. The molecule has 11 heteroatoms. The smallest absolute Gasteiger partial charge is 0.246 e. The van der Waals surface area contributed by atoms with Crippen molar-refractivity contribution >= 4 is 37.1 Å². The van der Waals surface area contributed by atoms with E-state index in [4.69, 9.17) is 11.6 Å². The fourth-order valence-electron chi connectivity index (χ4n) is 4.33. The normalized spacial score (nSPS) is 22.5. The molecule has 0 radical (unpaired) electrons. The lowest BCUT2D eigenvalue weighted by Crippen LogP contribution is -2.48. The second kappa shape index (κ2) is 7.81. The molecule has 2 aliphatic heterocycles. The fourth-order valence-corrected chi connectivity index (χ4v) is 7.99. The molecule has 1 unspecified atom stereocenters. The summed E-state index contributed by atoms with van der Waals surface area (Å²) in [6.07, 6.45) is 0.460. The third kappa shape index (κ3) is 3.98. The Morgan fingerprint density at radius 3 is 2.43 bits per heavy atom. The zero-order chi connectivity index (χ0) is 21.7. The van der Waals surface area contributed by atoms with E-state index in [2.05, 4.69) is 10.00 Å². The first kappa shape index (κ1) is 21.6. The van der Waals surface area contributed by atoms with Crippen LogP contribution in [-0.4, -0.2) is 68.6 Å². The predicted molar refractivity (Wildman–Crippen MR) is 116 cm³/mol. The first-order chi connectivity index (χ1) is 14.1. The summed E-state index contributed by atoms with van der Waals surface area (Å²) in [6.45, 7) is 5.22. The molecule has 3 heterocycles. The summed E-state index contributed by atoms with van der Waals surface area (Å²) in [6, 6.07) is 7.22. The number of hydrogen-bond acceptors (Lipinski definition) is 6. The second-order valence-corrected chi connectivity index (χ2v) is 12.4. The van der Waals surface area contributed by atoms with Gasteiger partial charge in [0.2, 0.25) is 10.0 Å². The molecular weight excluding hydrogens is 448 g/mol. The summed E-state index contributed by atoms with van der Waals surface area (Å²) in [7, 11) is -6.82. The minimum absolute atomic E-state index is 0.00670. The van der Waals surface area contributed by atoms with E-state index in [1.807, 2.05) is 24.3 Å². The van der Waals surface area contributed by atoms with Crippen molar-refractivity contribution in [1.29, 1.82) is 0 Å². The fraction of sp³-hybridized carbons (Fsp3) is 0.526. The maximum absolute atomic E-state index is 13.4. The molecule has 0 bridgehead atoms. The van der Waals surface area contributed by atoms with Crippen LogP contribution in [0.3, 0.4) is 0 Å². The lowest BCUT2D eigenvalue weighted by Gasteiger charge is -2.35. The Balaban J connectivity index is 1.55. The van der Waals surface area contributed by atoms with E-state index in [0.717, 1.165) is 5.69 Å². The quantitative estimate of drug-likeness (QED) is 0.676. The van der Waals surface area contributed by atoms with Gasteiger partial charge in [-0.05, 0) is 38.5 Å². The standard InChI is InChI=1S/C19H25ClN4O4S2/c1-14-19(15(2)24(21-14)18-6-11-29(25,26)13-18)30(27,28)23-9-7-22(8-10-23)17-5-3-4-16(20)12-17/h3-5,12,18H,6-11,13H2,1-2H3. The average molecular weight is 473 g/mol. The number of sulfonamides is 1. The van der Waals surface area contributed by atoms with Gasteiger partial charge in [-0.2, -0.15) is 9.40 Å². The third-order valence-corrected chi connectivity index (χ3v) is 9.96. The lowest BCUT2D eigenvalue weighted by atomic mass is 10.2. The molecule has 4 rings (SSSR count). The van der Waals surface area contributed by atoms with Gasteiger partial charge in [0.1, 0.15) is 4.90 Å².